The summed E-state index contributed by atoms with van der Waals surface area (Å²) < 4.78 is 10.8. The number of hydrogen-bond donors (Lipinski definition) is 1. The summed E-state index contributed by atoms with van der Waals surface area (Å²) in [7, 11) is 1.38. The van der Waals surface area contributed by atoms with Crippen LogP contribution in [0.2, 0.25) is 0 Å². The number of nitrogens with one attached hydrogen (secondary N) is 1. The van der Waals surface area contributed by atoms with Crippen LogP contribution < -0.4 is 10.1 Å². The van der Waals surface area contributed by atoms with Gasteiger partial charge in [-0.2, -0.15) is 0 Å². The van der Waals surface area contributed by atoms with Crippen LogP contribution in [0.15, 0.2) is 24.3 Å². The van der Waals surface area contributed by atoms with Gasteiger partial charge in [-0.15, -0.1) is 11.3 Å². The molecule has 0 saturated heterocycles. The molecule has 29 heavy (non-hydrogen) atoms. The number of carbonyl (C=O) groups excluding carboxylic acids is 2. The summed E-state index contributed by atoms with van der Waals surface area (Å²) in [5.41, 5.74) is 2.80. The molecule has 1 aromatic carbocycles. The first-order chi connectivity index (χ1) is 14.0. The first kappa shape index (κ1) is 21.4. The van der Waals surface area contributed by atoms with Crippen molar-refractivity contribution >= 4 is 28.2 Å². The lowest BCUT2D eigenvalue weighted by molar-refractivity contribution is -0.122. The number of anilines is 1. The minimum atomic E-state index is -0.681. The SMILES string of the molecule is CCCc1ccc(O[C@H](C)C(=O)Nc2sc3c(c2C(=O)OC)CCCCC3)cc1. The fraction of sp³-hybridized carbons (Fsp3) is 0.478. The number of amides is 1. The average Bonchev–Trinajstić information content (AvgIpc) is 2.89. The topological polar surface area (TPSA) is 64.6 Å². The third kappa shape index (κ3) is 5.18. The molecule has 1 aliphatic rings. The monoisotopic (exact) mass is 415 g/mol. The minimum absolute atomic E-state index is 0.274. The summed E-state index contributed by atoms with van der Waals surface area (Å²) in [4.78, 5) is 26.3. The van der Waals surface area contributed by atoms with Crippen molar-refractivity contribution in [2.24, 2.45) is 0 Å². The van der Waals surface area contributed by atoms with Crippen LogP contribution in [0, 0.1) is 0 Å². The molecule has 1 N–H and O–H groups in total. The molecule has 5 nitrogen and oxygen atoms in total. The van der Waals surface area contributed by atoms with Gasteiger partial charge in [-0.1, -0.05) is 31.9 Å². The number of thiophene rings is 1. The van der Waals surface area contributed by atoms with Crippen LogP contribution in [0.4, 0.5) is 5.00 Å². The van der Waals surface area contributed by atoms with Crippen molar-refractivity contribution < 1.29 is 19.1 Å². The van der Waals surface area contributed by atoms with Gasteiger partial charge >= 0.3 is 5.97 Å². The molecule has 0 fully saturated rings. The number of fused-ring (bicyclic) bond motifs is 1. The summed E-state index contributed by atoms with van der Waals surface area (Å²) in [6.45, 7) is 3.86. The number of methoxy groups -OCH3 is 1. The molecule has 1 aliphatic carbocycles. The van der Waals surface area contributed by atoms with Crippen molar-refractivity contribution in [3.05, 3.63) is 45.8 Å². The highest BCUT2D eigenvalue weighted by Gasteiger charge is 2.27. The minimum Gasteiger partial charge on any atom is -0.481 e. The van der Waals surface area contributed by atoms with E-state index >= 15 is 0 Å². The number of carbonyl (C=O) groups is 2. The Bertz CT molecular complexity index is 857. The van der Waals surface area contributed by atoms with Crippen LogP contribution in [0.25, 0.3) is 0 Å². The lowest BCUT2D eigenvalue weighted by Crippen LogP contribution is -2.30. The van der Waals surface area contributed by atoms with E-state index in [2.05, 4.69) is 12.2 Å². The molecule has 1 aromatic heterocycles. The number of benzene rings is 1. The number of aryl methyl sites for hydroxylation is 2. The fourth-order valence-corrected chi connectivity index (χ4v) is 4.92. The lowest BCUT2D eigenvalue weighted by atomic mass is 10.1. The quantitative estimate of drug-likeness (QED) is 0.501. The van der Waals surface area contributed by atoms with Gasteiger partial charge < -0.3 is 14.8 Å². The van der Waals surface area contributed by atoms with Gasteiger partial charge in [0.2, 0.25) is 0 Å². The molecule has 0 unspecified atom stereocenters. The van der Waals surface area contributed by atoms with Crippen molar-refractivity contribution in [3.8, 4) is 5.75 Å². The fourth-order valence-electron chi connectivity index (χ4n) is 3.64. The molecule has 0 spiro atoms. The van der Waals surface area contributed by atoms with E-state index in [4.69, 9.17) is 9.47 Å². The van der Waals surface area contributed by atoms with Crippen LogP contribution in [-0.4, -0.2) is 25.1 Å². The van der Waals surface area contributed by atoms with Gasteiger partial charge in [0.1, 0.15) is 10.8 Å². The van der Waals surface area contributed by atoms with E-state index < -0.39 is 6.10 Å². The summed E-state index contributed by atoms with van der Waals surface area (Å²) in [6, 6.07) is 7.83. The normalized spacial score (nSPS) is 14.4. The second kappa shape index (κ2) is 9.92. The van der Waals surface area contributed by atoms with Gasteiger partial charge in [0, 0.05) is 4.88 Å². The predicted octanol–water partition coefficient (Wildman–Crippen LogP) is 5.16. The summed E-state index contributed by atoms with van der Waals surface area (Å²) in [5, 5.41) is 3.48. The molecule has 6 heteroatoms. The Hall–Kier alpha value is -2.34. The van der Waals surface area contributed by atoms with E-state index in [-0.39, 0.29) is 11.9 Å². The van der Waals surface area contributed by atoms with Crippen molar-refractivity contribution in [3.63, 3.8) is 0 Å². The van der Waals surface area contributed by atoms with Gasteiger partial charge in [-0.05, 0) is 62.3 Å². The van der Waals surface area contributed by atoms with E-state index in [1.165, 1.54) is 28.9 Å². The highest BCUT2D eigenvalue weighted by atomic mass is 32.1. The third-order valence-electron chi connectivity index (χ3n) is 5.19. The summed E-state index contributed by atoms with van der Waals surface area (Å²) >= 11 is 1.49. The Kier molecular flexibility index (Phi) is 7.31. The van der Waals surface area contributed by atoms with E-state index in [0.29, 0.717) is 16.3 Å². The number of hydrogen-bond acceptors (Lipinski definition) is 5. The largest absolute Gasteiger partial charge is 0.481 e. The Morgan fingerprint density at radius 3 is 2.55 bits per heavy atom. The van der Waals surface area contributed by atoms with E-state index in [1.54, 1.807) is 6.92 Å². The molecule has 156 valence electrons. The smallest absolute Gasteiger partial charge is 0.341 e. The van der Waals surface area contributed by atoms with Crippen LogP contribution in [-0.2, 0) is 28.8 Å². The van der Waals surface area contributed by atoms with Gasteiger partial charge in [0.25, 0.3) is 5.91 Å². The standard InChI is InChI=1S/C23H29NO4S/c1-4-8-16-11-13-17(14-12-16)28-15(2)21(25)24-22-20(23(26)27-3)18-9-6-5-7-10-19(18)29-22/h11-15H,4-10H2,1-3H3,(H,24,25)/t15-/m1/s1. The third-order valence-corrected chi connectivity index (χ3v) is 6.40. The molecule has 3 rings (SSSR count). The Morgan fingerprint density at radius 2 is 1.86 bits per heavy atom. The van der Waals surface area contributed by atoms with E-state index in [0.717, 1.165) is 50.5 Å². The van der Waals surface area contributed by atoms with E-state index in [9.17, 15) is 9.59 Å². The molecule has 1 heterocycles. The van der Waals surface area contributed by atoms with Crippen LogP contribution in [0.3, 0.4) is 0 Å². The first-order valence-corrected chi connectivity index (χ1v) is 11.1. The van der Waals surface area contributed by atoms with Gasteiger partial charge in [0.05, 0.1) is 12.7 Å². The molecule has 0 saturated carbocycles. The van der Waals surface area contributed by atoms with E-state index in [1.807, 2.05) is 24.3 Å². The second-order valence-electron chi connectivity index (χ2n) is 7.40. The van der Waals surface area contributed by atoms with Crippen molar-refractivity contribution in [1.29, 1.82) is 0 Å². The molecule has 0 radical (unpaired) electrons. The number of esters is 1. The maximum atomic E-state index is 12.7. The number of ether oxygens (including phenoxy) is 2. The maximum absolute atomic E-state index is 12.7. The molecule has 2 aromatic rings. The highest BCUT2D eigenvalue weighted by Crippen LogP contribution is 2.38. The molecule has 1 atom stereocenters. The molecular weight excluding hydrogens is 386 g/mol. The van der Waals surface area contributed by atoms with Gasteiger partial charge in [-0.3, -0.25) is 4.79 Å². The van der Waals surface area contributed by atoms with Gasteiger partial charge in [0.15, 0.2) is 6.10 Å². The average molecular weight is 416 g/mol. The molecular formula is C23H29NO4S. The van der Waals surface area contributed by atoms with Crippen molar-refractivity contribution in [1.82, 2.24) is 0 Å². The Labute approximate surface area is 176 Å². The molecule has 0 aliphatic heterocycles. The van der Waals surface area contributed by atoms with Crippen molar-refractivity contribution in [2.75, 3.05) is 12.4 Å². The highest BCUT2D eigenvalue weighted by molar-refractivity contribution is 7.17. The zero-order chi connectivity index (χ0) is 20.8. The Morgan fingerprint density at radius 1 is 1.14 bits per heavy atom. The lowest BCUT2D eigenvalue weighted by Gasteiger charge is -2.15. The van der Waals surface area contributed by atoms with Crippen LogP contribution in [0.1, 0.15) is 65.9 Å². The van der Waals surface area contributed by atoms with Crippen LogP contribution >= 0.6 is 11.3 Å². The first-order valence-electron chi connectivity index (χ1n) is 10.3. The summed E-state index contributed by atoms with van der Waals surface area (Å²) in [5.74, 6) is -0.00774. The number of rotatable bonds is 7. The zero-order valence-electron chi connectivity index (χ0n) is 17.4. The molecule has 0 bridgehead atoms. The zero-order valence-corrected chi connectivity index (χ0v) is 18.2. The van der Waals surface area contributed by atoms with Crippen LogP contribution in [0.5, 0.6) is 5.75 Å². The predicted molar refractivity (Wildman–Crippen MR) is 116 cm³/mol. The van der Waals surface area contributed by atoms with Crippen molar-refractivity contribution in [2.45, 2.75) is 64.9 Å². The summed E-state index contributed by atoms with van der Waals surface area (Å²) in [6.07, 6.45) is 6.54. The second-order valence-corrected chi connectivity index (χ2v) is 8.51. The molecule has 1 amide bonds. The Balaban J connectivity index is 1.73. The van der Waals surface area contributed by atoms with Gasteiger partial charge in [-0.25, -0.2) is 4.79 Å². The maximum Gasteiger partial charge on any atom is 0.341 e.